The number of unbranched alkanes of at least 4 members (excludes halogenated alkanes) is 2. The molecule has 0 radical (unpaired) electrons. The zero-order chi connectivity index (χ0) is 8.36. The van der Waals surface area contributed by atoms with Gasteiger partial charge in [-0.3, -0.25) is 0 Å². The van der Waals surface area contributed by atoms with Crippen molar-refractivity contribution in [2.45, 2.75) is 25.7 Å². The highest BCUT2D eigenvalue weighted by Gasteiger charge is 1.79. The van der Waals surface area contributed by atoms with Crippen LogP contribution in [0, 0.1) is 0 Å². The summed E-state index contributed by atoms with van der Waals surface area (Å²) >= 11 is 0. The number of hydrogen-bond donors (Lipinski definition) is 0. The summed E-state index contributed by atoms with van der Waals surface area (Å²) in [4.78, 5) is 3.92. The van der Waals surface area contributed by atoms with E-state index in [1.165, 1.54) is 25.4 Å². The average Bonchev–Trinajstić information content (AvgIpc) is 2.03. The van der Waals surface area contributed by atoms with Crippen molar-refractivity contribution < 1.29 is 0 Å². The van der Waals surface area contributed by atoms with Gasteiger partial charge >= 0.3 is 0 Å². The minimum absolute atomic E-state index is 1.11. The molecule has 0 aliphatic carbocycles. The van der Waals surface area contributed by atoms with Crippen LogP contribution in [0.5, 0.6) is 0 Å². The smallest absolute Gasteiger partial charge is 0.0273 e. The Labute approximate surface area is 72.2 Å². The molecule has 11 heavy (non-hydrogen) atoms. The summed E-state index contributed by atoms with van der Waals surface area (Å²) in [5, 5.41) is 0. The molecule has 0 rings (SSSR count). The molecule has 0 spiro atoms. The Hall–Kier alpha value is -0.160. The molecule has 0 N–H and O–H groups in total. The van der Waals surface area contributed by atoms with Crippen molar-refractivity contribution in [3.63, 3.8) is 0 Å². The van der Waals surface area contributed by atoms with Crippen molar-refractivity contribution in [3.05, 3.63) is 12.2 Å². The molecule has 64 valence electrons. The van der Waals surface area contributed by atoms with Crippen LogP contribution in [0.15, 0.2) is 17.1 Å². The summed E-state index contributed by atoms with van der Waals surface area (Å²) in [6, 6.07) is 0. The molecule has 0 aliphatic heterocycles. The van der Waals surface area contributed by atoms with Gasteiger partial charge in [-0.2, -0.15) is 0 Å². The van der Waals surface area contributed by atoms with E-state index in [4.69, 9.17) is 0 Å². The third-order valence-electron chi connectivity index (χ3n) is 1.39. The van der Waals surface area contributed by atoms with Gasteiger partial charge in [0.05, 0.1) is 0 Å². The van der Waals surface area contributed by atoms with E-state index in [9.17, 15) is 0 Å². The monoisotopic (exact) mass is 171 g/mol. The van der Waals surface area contributed by atoms with Gasteiger partial charge in [0.1, 0.15) is 0 Å². The zero-order valence-electron chi connectivity index (χ0n) is 7.29. The third-order valence-corrected chi connectivity index (χ3v) is 1.72. The van der Waals surface area contributed by atoms with Crippen molar-refractivity contribution in [2.24, 2.45) is 4.99 Å². The molecule has 0 heterocycles. The Kier molecular flexibility index (Phi) is 9.70. The topological polar surface area (TPSA) is 12.4 Å². The van der Waals surface area contributed by atoms with Crippen LogP contribution in [0.3, 0.4) is 0 Å². The van der Waals surface area contributed by atoms with E-state index in [0.717, 1.165) is 6.42 Å². The predicted octanol–water partition coefficient (Wildman–Crippen LogP) is 2.68. The lowest BCUT2D eigenvalue weighted by molar-refractivity contribution is 0.898. The fraction of sp³-hybridized carbons (Fsp3) is 0.667. The molecule has 0 saturated heterocycles. The Bertz CT molecular complexity index is 119. The molecule has 0 aromatic carbocycles. The van der Waals surface area contributed by atoms with Crippen molar-refractivity contribution in [1.82, 2.24) is 0 Å². The van der Waals surface area contributed by atoms with Crippen LogP contribution in [0.4, 0.5) is 0 Å². The Morgan fingerprint density at radius 1 is 1.18 bits per heavy atom. The van der Waals surface area contributed by atoms with Gasteiger partial charge in [0, 0.05) is 7.05 Å². The Morgan fingerprint density at radius 3 is 2.55 bits per heavy atom. The van der Waals surface area contributed by atoms with Crippen LogP contribution < -0.4 is 0 Å². The van der Waals surface area contributed by atoms with E-state index >= 15 is 0 Å². The molecule has 0 saturated carbocycles. The molecule has 0 bridgehead atoms. The standard InChI is InChI=1S/C9H18NP/c1-10-8-6-4-2-3-5-7-9-11/h3,5,8H,2,4,6-7,9,11H2,1H3. The molecule has 0 amide bonds. The van der Waals surface area contributed by atoms with E-state index < -0.39 is 0 Å². The first kappa shape index (κ1) is 10.8. The lowest BCUT2D eigenvalue weighted by Crippen LogP contribution is -1.75. The number of allylic oxidation sites excluding steroid dienone is 2. The first-order chi connectivity index (χ1) is 5.41. The second kappa shape index (κ2) is 9.84. The first-order valence-corrected chi connectivity index (χ1v) is 4.99. The van der Waals surface area contributed by atoms with E-state index in [1.807, 2.05) is 13.3 Å². The summed E-state index contributed by atoms with van der Waals surface area (Å²) in [5.74, 6) is 0. The fourth-order valence-corrected chi connectivity index (χ4v) is 0.980. The van der Waals surface area contributed by atoms with Gasteiger partial charge in [-0.05, 0) is 38.1 Å². The minimum atomic E-state index is 1.11. The SMILES string of the molecule is CN=CCCCC=CCCP. The van der Waals surface area contributed by atoms with E-state index in [-0.39, 0.29) is 0 Å². The fourth-order valence-electron chi connectivity index (χ4n) is 0.788. The van der Waals surface area contributed by atoms with Crippen molar-refractivity contribution in [3.8, 4) is 0 Å². The van der Waals surface area contributed by atoms with Crippen LogP contribution >= 0.6 is 9.24 Å². The van der Waals surface area contributed by atoms with E-state index in [1.54, 1.807) is 0 Å². The summed E-state index contributed by atoms with van der Waals surface area (Å²) in [5.41, 5.74) is 0. The highest BCUT2D eigenvalue weighted by molar-refractivity contribution is 7.16. The molecular formula is C9H18NP. The maximum absolute atomic E-state index is 3.92. The second-order valence-corrected chi connectivity index (χ2v) is 3.00. The first-order valence-electron chi connectivity index (χ1n) is 4.17. The van der Waals surface area contributed by atoms with E-state index in [0.29, 0.717) is 0 Å². The molecule has 1 nitrogen and oxygen atoms in total. The minimum Gasteiger partial charge on any atom is -0.301 e. The largest absolute Gasteiger partial charge is 0.301 e. The predicted molar refractivity (Wildman–Crippen MR) is 56.6 cm³/mol. The van der Waals surface area contributed by atoms with Gasteiger partial charge in [-0.15, -0.1) is 9.24 Å². The van der Waals surface area contributed by atoms with Crippen LogP contribution in [0.2, 0.25) is 0 Å². The molecule has 0 aromatic heterocycles. The molecule has 2 heteroatoms. The summed E-state index contributed by atoms with van der Waals surface area (Å²) in [6.45, 7) is 0. The maximum Gasteiger partial charge on any atom is 0.0273 e. The van der Waals surface area contributed by atoms with Crippen molar-refractivity contribution >= 4 is 15.5 Å². The van der Waals surface area contributed by atoms with Crippen LogP contribution in [-0.4, -0.2) is 19.4 Å². The van der Waals surface area contributed by atoms with Crippen LogP contribution in [0.1, 0.15) is 25.7 Å². The second-order valence-electron chi connectivity index (χ2n) is 2.42. The van der Waals surface area contributed by atoms with Crippen LogP contribution in [0.25, 0.3) is 0 Å². The third kappa shape index (κ3) is 9.84. The summed E-state index contributed by atoms with van der Waals surface area (Å²) in [7, 11) is 4.55. The van der Waals surface area contributed by atoms with Gasteiger partial charge in [0.2, 0.25) is 0 Å². The van der Waals surface area contributed by atoms with E-state index in [2.05, 4.69) is 26.4 Å². The zero-order valence-corrected chi connectivity index (χ0v) is 8.45. The van der Waals surface area contributed by atoms with Crippen molar-refractivity contribution in [1.29, 1.82) is 0 Å². The molecule has 1 unspecified atom stereocenters. The molecular weight excluding hydrogens is 153 g/mol. The molecule has 0 aromatic rings. The highest BCUT2D eigenvalue weighted by atomic mass is 31.0. The Balaban J connectivity index is 3.00. The van der Waals surface area contributed by atoms with Gasteiger partial charge < -0.3 is 4.99 Å². The average molecular weight is 171 g/mol. The van der Waals surface area contributed by atoms with Gasteiger partial charge in [-0.1, -0.05) is 12.2 Å². The summed E-state index contributed by atoms with van der Waals surface area (Å²) < 4.78 is 0. The lowest BCUT2D eigenvalue weighted by Gasteiger charge is -1.88. The number of rotatable bonds is 6. The number of hydrogen-bond acceptors (Lipinski definition) is 1. The highest BCUT2D eigenvalue weighted by Crippen LogP contribution is 1.96. The molecule has 0 fully saturated rings. The Morgan fingerprint density at radius 2 is 1.91 bits per heavy atom. The maximum atomic E-state index is 3.92. The normalized spacial score (nSPS) is 11.8. The van der Waals surface area contributed by atoms with Gasteiger partial charge in [0.15, 0.2) is 0 Å². The van der Waals surface area contributed by atoms with Gasteiger partial charge in [-0.25, -0.2) is 0 Å². The molecule has 1 atom stereocenters. The molecule has 0 aliphatic rings. The quantitative estimate of drug-likeness (QED) is 0.252. The van der Waals surface area contributed by atoms with Crippen molar-refractivity contribution in [2.75, 3.05) is 13.2 Å². The lowest BCUT2D eigenvalue weighted by atomic mass is 10.2. The summed E-state index contributed by atoms with van der Waals surface area (Å²) in [6.07, 6.45) is 12.4. The number of aliphatic imine (C=N–C) groups is 1. The van der Waals surface area contributed by atoms with Crippen LogP contribution in [-0.2, 0) is 0 Å². The number of nitrogens with zero attached hydrogens (tertiary/aromatic N) is 1. The van der Waals surface area contributed by atoms with Gasteiger partial charge in [0.25, 0.3) is 0 Å².